The molecular weight excluding hydrogens is 290 g/mol. The molecule has 5 nitrogen and oxygen atoms in total. The SMILES string of the molecule is COc1ccc(CCNC(=O)c2cccc(NC3CC3)n2)cc1. The van der Waals surface area contributed by atoms with Gasteiger partial charge in [-0.15, -0.1) is 0 Å². The van der Waals surface area contributed by atoms with Gasteiger partial charge >= 0.3 is 0 Å². The number of carbonyl (C=O) groups is 1. The zero-order valence-electron chi connectivity index (χ0n) is 13.2. The predicted molar refractivity (Wildman–Crippen MR) is 89.9 cm³/mol. The van der Waals surface area contributed by atoms with Crippen LogP contribution in [0.3, 0.4) is 0 Å². The van der Waals surface area contributed by atoms with Gasteiger partial charge in [-0.3, -0.25) is 4.79 Å². The summed E-state index contributed by atoms with van der Waals surface area (Å²) in [5.41, 5.74) is 1.61. The van der Waals surface area contributed by atoms with Crippen molar-refractivity contribution in [1.82, 2.24) is 10.3 Å². The summed E-state index contributed by atoms with van der Waals surface area (Å²) in [7, 11) is 1.65. The minimum absolute atomic E-state index is 0.141. The molecule has 120 valence electrons. The molecule has 1 fully saturated rings. The molecule has 23 heavy (non-hydrogen) atoms. The van der Waals surface area contributed by atoms with Crippen LogP contribution in [0.5, 0.6) is 5.75 Å². The van der Waals surface area contributed by atoms with Crippen LogP contribution in [0.1, 0.15) is 28.9 Å². The number of hydrogen-bond acceptors (Lipinski definition) is 4. The molecule has 3 rings (SSSR count). The van der Waals surface area contributed by atoms with E-state index in [2.05, 4.69) is 15.6 Å². The van der Waals surface area contributed by atoms with Crippen molar-refractivity contribution in [1.29, 1.82) is 0 Å². The second-order valence-corrected chi connectivity index (χ2v) is 5.68. The van der Waals surface area contributed by atoms with E-state index < -0.39 is 0 Å². The monoisotopic (exact) mass is 311 g/mol. The summed E-state index contributed by atoms with van der Waals surface area (Å²) in [4.78, 5) is 16.5. The van der Waals surface area contributed by atoms with Crippen LogP contribution in [0, 0.1) is 0 Å². The molecule has 0 aliphatic heterocycles. The molecule has 5 heteroatoms. The number of anilines is 1. The van der Waals surface area contributed by atoms with E-state index in [4.69, 9.17) is 4.74 Å². The molecule has 1 aliphatic carbocycles. The quantitative estimate of drug-likeness (QED) is 0.825. The highest BCUT2D eigenvalue weighted by molar-refractivity contribution is 5.92. The van der Waals surface area contributed by atoms with Crippen LogP contribution in [0.15, 0.2) is 42.5 Å². The summed E-state index contributed by atoms with van der Waals surface area (Å²) in [6.45, 7) is 0.577. The van der Waals surface area contributed by atoms with Crippen molar-refractivity contribution < 1.29 is 9.53 Å². The van der Waals surface area contributed by atoms with Gasteiger partial charge in [0, 0.05) is 12.6 Å². The lowest BCUT2D eigenvalue weighted by Gasteiger charge is -2.08. The van der Waals surface area contributed by atoms with Gasteiger partial charge in [0.05, 0.1) is 7.11 Å². The van der Waals surface area contributed by atoms with Gasteiger partial charge in [0.2, 0.25) is 0 Å². The Labute approximate surface area is 136 Å². The molecule has 1 amide bonds. The first-order valence-electron chi connectivity index (χ1n) is 7.89. The number of nitrogens with one attached hydrogen (secondary N) is 2. The van der Waals surface area contributed by atoms with Gasteiger partial charge < -0.3 is 15.4 Å². The molecule has 1 aromatic heterocycles. The minimum Gasteiger partial charge on any atom is -0.497 e. The molecule has 1 heterocycles. The number of pyridine rings is 1. The fraction of sp³-hybridized carbons (Fsp3) is 0.333. The number of benzene rings is 1. The Morgan fingerprint density at radius 3 is 2.70 bits per heavy atom. The highest BCUT2D eigenvalue weighted by Gasteiger charge is 2.21. The van der Waals surface area contributed by atoms with Crippen LogP contribution < -0.4 is 15.4 Å². The van der Waals surface area contributed by atoms with Crippen LogP contribution in [-0.4, -0.2) is 30.6 Å². The molecule has 2 N–H and O–H groups in total. The van der Waals surface area contributed by atoms with Gasteiger partial charge in [-0.25, -0.2) is 4.98 Å². The summed E-state index contributed by atoms with van der Waals surface area (Å²) in [5, 5.41) is 6.21. The maximum Gasteiger partial charge on any atom is 0.269 e. The normalized spacial score (nSPS) is 13.4. The van der Waals surface area contributed by atoms with Crippen LogP contribution in [-0.2, 0) is 6.42 Å². The van der Waals surface area contributed by atoms with E-state index >= 15 is 0 Å². The van der Waals surface area contributed by atoms with Gasteiger partial charge in [0.1, 0.15) is 17.3 Å². The molecule has 2 aromatic rings. The Kier molecular flexibility index (Phi) is 4.76. The summed E-state index contributed by atoms with van der Waals surface area (Å²) in [6.07, 6.45) is 3.13. The van der Waals surface area contributed by atoms with E-state index in [1.54, 1.807) is 13.2 Å². The number of methoxy groups -OCH3 is 1. The smallest absolute Gasteiger partial charge is 0.269 e. The van der Waals surface area contributed by atoms with Gasteiger partial charge in [-0.05, 0) is 49.1 Å². The van der Waals surface area contributed by atoms with Crippen LogP contribution in [0.2, 0.25) is 0 Å². The molecule has 0 spiro atoms. The van der Waals surface area contributed by atoms with E-state index in [1.807, 2.05) is 36.4 Å². The summed E-state index contributed by atoms with van der Waals surface area (Å²) in [5.74, 6) is 1.47. The third-order valence-corrected chi connectivity index (χ3v) is 3.77. The Hall–Kier alpha value is -2.56. The first kappa shape index (κ1) is 15.3. The molecule has 0 bridgehead atoms. The zero-order chi connectivity index (χ0) is 16.1. The zero-order valence-corrected chi connectivity index (χ0v) is 13.2. The summed E-state index contributed by atoms with van der Waals surface area (Å²) in [6, 6.07) is 13.9. The van der Waals surface area contributed by atoms with Gasteiger partial charge in [-0.2, -0.15) is 0 Å². The van der Waals surface area contributed by atoms with Crippen molar-refractivity contribution >= 4 is 11.7 Å². The summed E-state index contributed by atoms with van der Waals surface area (Å²) < 4.78 is 5.13. The van der Waals surface area contributed by atoms with E-state index in [0.717, 1.165) is 23.6 Å². The number of amides is 1. The highest BCUT2D eigenvalue weighted by atomic mass is 16.5. The van der Waals surface area contributed by atoms with Crippen LogP contribution in [0.4, 0.5) is 5.82 Å². The van der Waals surface area contributed by atoms with Crippen LogP contribution >= 0.6 is 0 Å². The van der Waals surface area contributed by atoms with Gasteiger partial charge in [0.25, 0.3) is 5.91 Å². The van der Waals surface area contributed by atoms with Crippen molar-refractivity contribution in [2.75, 3.05) is 19.0 Å². The number of rotatable bonds is 7. The number of aromatic nitrogens is 1. The summed E-state index contributed by atoms with van der Waals surface area (Å²) >= 11 is 0. The second-order valence-electron chi connectivity index (χ2n) is 5.68. The third-order valence-electron chi connectivity index (χ3n) is 3.77. The first-order valence-corrected chi connectivity index (χ1v) is 7.89. The van der Waals surface area contributed by atoms with Crippen molar-refractivity contribution in [2.45, 2.75) is 25.3 Å². The van der Waals surface area contributed by atoms with Crippen molar-refractivity contribution in [2.24, 2.45) is 0 Å². The molecule has 1 aliphatic rings. The number of hydrogen-bond donors (Lipinski definition) is 2. The molecule has 0 saturated heterocycles. The molecule has 1 aromatic carbocycles. The molecular formula is C18H21N3O2. The molecule has 0 unspecified atom stereocenters. The Morgan fingerprint density at radius 2 is 2.00 bits per heavy atom. The first-order chi connectivity index (χ1) is 11.2. The maximum absolute atomic E-state index is 12.2. The topological polar surface area (TPSA) is 63.2 Å². The number of nitrogens with zero attached hydrogens (tertiary/aromatic N) is 1. The average Bonchev–Trinajstić information content (AvgIpc) is 3.39. The lowest BCUT2D eigenvalue weighted by atomic mass is 10.1. The van der Waals surface area contributed by atoms with Crippen molar-refractivity contribution in [3.8, 4) is 5.75 Å². The van der Waals surface area contributed by atoms with E-state index in [1.165, 1.54) is 12.8 Å². The minimum atomic E-state index is -0.141. The Bertz CT molecular complexity index is 666. The maximum atomic E-state index is 12.2. The highest BCUT2D eigenvalue weighted by Crippen LogP contribution is 2.23. The Balaban J connectivity index is 1.50. The lowest BCUT2D eigenvalue weighted by molar-refractivity contribution is 0.0949. The number of ether oxygens (including phenoxy) is 1. The Morgan fingerprint density at radius 1 is 1.22 bits per heavy atom. The molecule has 0 atom stereocenters. The van der Waals surface area contributed by atoms with E-state index in [9.17, 15) is 4.79 Å². The van der Waals surface area contributed by atoms with Gasteiger partial charge in [-0.1, -0.05) is 18.2 Å². The molecule has 1 saturated carbocycles. The van der Waals surface area contributed by atoms with E-state index in [-0.39, 0.29) is 5.91 Å². The largest absolute Gasteiger partial charge is 0.497 e. The second kappa shape index (κ2) is 7.13. The fourth-order valence-corrected chi connectivity index (χ4v) is 2.28. The fourth-order valence-electron chi connectivity index (χ4n) is 2.28. The molecule has 0 radical (unpaired) electrons. The van der Waals surface area contributed by atoms with Gasteiger partial charge in [0.15, 0.2) is 0 Å². The third kappa shape index (κ3) is 4.45. The van der Waals surface area contributed by atoms with Crippen LogP contribution in [0.25, 0.3) is 0 Å². The van der Waals surface area contributed by atoms with Crippen molar-refractivity contribution in [3.63, 3.8) is 0 Å². The standard InChI is InChI=1S/C18H21N3O2/c1-23-15-9-5-13(6-10-15)11-12-19-18(22)16-3-2-4-17(21-16)20-14-7-8-14/h2-6,9-10,14H,7-8,11-12H2,1H3,(H,19,22)(H,20,21). The average molecular weight is 311 g/mol. The number of carbonyl (C=O) groups excluding carboxylic acids is 1. The van der Waals surface area contributed by atoms with Crippen molar-refractivity contribution in [3.05, 3.63) is 53.7 Å². The lowest BCUT2D eigenvalue weighted by Crippen LogP contribution is -2.26. The predicted octanol–water partition coefficient (Wildman–Crippen LogP) is 2.64. The van der Waals surface area contributed by atoms with E-state index in [0.29, 0.717) is 18.3 Å².